The van der Waals surface area contributed by atoms with Crippen molar-refractivity contribution in [1.82, 2.24) is 5.32 Å². The van der Waals surface area contributed by atoms with Crippen LogP contribution in [-0.4, -0.2) is 19.1 Å². The molecule has 1 saturated heterocycles. The van der Waals surface area contributed by atoms with Gasteiger partial charge in [0, 0.05) is 18.5 Å². The Kier molecular flexibility index (Phi) is 3.76. The molecule has 0 aliphatic carbocycles. The quantitative estimate of drug-likeness (QED) is 0.863. The van der Waals surface area contributed by atoms with Crippen LogP contribution >= 0.6 is 0 Å². The Hall–Kier alpha value is -2.01. The largest absolute Gasteiger partial charge is 0.418 e. The van der Waals surface area contributed by atoms with Gasteiger partial charge in [0.25, 0.3) is 0 Å². The molecule has 5 heteroatoms. The number of nitrogens with one attached hydrogen (secondary N) is 2. The van der Waals surface area contributed by atoms with E-state index in [1.807, 2.05) is 36.4 Å². The Labute approximate surface area is 139 Å². The molecule has 2 aliphatic rings. The van der Waals surface area contributed by atoms with Crippen molar-refractivity contribution < 1.29 is 13.2 Å². The first-order chi connectivity index (χ1) is 11.5. The van der Waals surface area contributed by atoms with Crippen LogP contribution in [0.4, 0.5) is 18.9 Å². The molecule has 2 nitrogen and oxygen atoms in total. The van der Waals surface area contributed by atoms with Crippen LogP contribution in [0, 0.1) is 0 Å². The molecule has 24 heavy (non-hydrogen) atoms. The summed E-state index contributed by atoms with van der Waals surface area (Å²) in [6.45, 7) is 1.58. The summed E-state index contributed by atoms with van der Waals surface area (Å²) in [5, 5.41) is 6.45. The van der Waals surface area contributed by atoms with E-state index in [4.69, 9.17) is 0 Å². The van der Waals surface area contributed by atoms with E-state index in [9.17, 15) is 13.2 Å². The van der Waals surface area contributed by atoms with Crippen molar-refractivity contribution in [1.29, 1.82) is 0 Å². The van der Waals surface area contributed by atoms with E-state index in [0.29, 0.717) is 6.42 Å². The minimum Gasteiger partial charge on any atom is -0.381 e. The maximum atomic E-state index is 13.6. The molecular formula is C19H19F3N2. The molecule has 0 saturated carbocycles. The van der Waals surface area contributed by atoms with E-state index in [0.717, 1.165) is 36.2 Å². The van der Waals surface area contributed by atoms with Crippen LogP contribution in [0.2, 0.25) is 0 Å². The van der Waals surface area contributed by atoms with Crippen LogP contribution in [0.25, 0.3) is 0 Å². The lowest BCUT2D eigenvalue weighted by atomic mass is 9.88. The van der Waals surface area contributed by atoms with Crippen molar-refractivity contribution in [3.05, 3.63) is 64.7 Å². The van der Waals surface area contributed by atoms with E-state index >= 15 is 0 Å². The Morgan fingerprint density at radius 2 is 1.83 bits per heavy atom. The number of fused-ring (bicyclic) bond motifs is 3. The second kappa shape index (κ2) is 5.81. The Morgan fingerprint density at radius 3 is 2.58 bits per heavy atom. The van der Waals surface area contributed by atoms with E-state index in [1.165, 1.54) is 6.07 Å². The lowest BCUT2D eigenvalue weighted by molar-refractivity contribution is -0.137. The van der Waals surface area contributed by atoms with Crippen molar-refractivity contribution in [2.24, 2.45) is 0 Å². The van der Waals surface area contributed by atoms with Gasteiger partial charge >= 0.3 is 6.18 Å². The number of halogens is 3. The maximum Gasteiger partial charge on any atom is 0.418 e. The zero-order valence-electron chi connectivity index (χ0n) is 13.2. The predicted octanol–water partition coefficient (Wildman–Crippen LogP) is 4.17. The normalized spacial score (nSPS) is 22.6. The fourth-order valence-corrected chi connectivity index (χ4v) is 3.88. The molecule has 2 aliphatic heterocycles. The van der Waals surface area contributed by atoms with Gasteiger partial charge in [0.1, 0.15) is 0 Å². The van der Waals surface area contributed by atoms with E-state index in [1.54, 1.807) is 0 Å². The molecule has 1 fully saturated rings. The number of hydrogen-bond donors (Lipinski definition) is 2. The SMILES string of the molecule is FC(F)(F)c1cc(Cc2ccccc2)cc2c1NC1CCNCC21. The predicted molar refractivity (Wildman–Crippen MR) is 88.3 cm³/mol. The molecule has 0 amide bonds. The van der Waals surface area contributed by atoms with Gasteiger partial charge in [0.15, 0.2) is 0 Å². The molecule has 2 aromatic carbocycles. The Bertz CT molecular complexity index is 740. The number of hydrogen-bond acceptors (Lipinski definition) is 2. The highest BCUT2D eigenvalue weighted by Crippen LogP contribution is 2.46. The van der Waals surface area contributed by atoms with E-state index in [-0.39, 0.29) is 17.6 Å². The molecule has 2 N–H and O–H groups in total. The summed E-state index contributed by atoms with van der Waals surface area (Å²) in [4.78, 5) is 0. The number of alkyl halides is 3. The fraction of sp³-hybridized carbons (Fsp3) is 0.368. The van der Waals surface area contributed by atoms with Gasteiger partial charge < -0.3 is 10.6 Å². The third-order valence-electron chi connectivity index (χ3n) is 5.00. The smallest absolute Gasteiger partial charge is 0.381 e. The Morgan fingerprint density at radius 1 is 1.04 bits per heavy atom. The van der Waals surface area contributed by atoms with Crippen molar-refractivity contribution in [3.8, 4) is 0 Å². The number of benzene rings is 2. The summed E-state index contributed by atoms with van der Waals surface area (Å²) < 4.78 is 40.8. The van der Waals surface area contributed by atoms with Crippen LogP contribution in [0.15, 0.2) is 42.5 Å². The zero-order valence-corrected chi connectivity index (χ0v) is 13.2. The van der Waals surface area contributed by atoms with Crippen molar-refractivity contribution in [3.63, 3.8) is 0 Å². The minimum atomic E-state index is -4.34. The molecule has 0 radical (unpaired) electrons. The third kappa shape index (κ3) is 2.77. The van der Waals surface area contributed by atoms with Crippen LogP contribution in [0.3, 0.4) is 0 Å². The fourth-order valence-electron chi connectivity index (χ4n) is 3.88. The number of rotatable bonds is 2. The molecule has 2 aromatic rings. The summed E-state index contributed by atoms with van der Waals surface area (Å²) in [6, 6.07) is 13.0. The summed E-state index contributed by atoms with van der Waals surface area (Å²) in [5.41, 5.74) is 2.32. The van der Waals surface area contributed by atoms with Crippen molar-refractivity contribution >= 4 is 5.69 Å². The molecule has 0 bridgehead atoms. The van der Waals surface area contributed by atoms with E-state index < -0.39 is 11.7 Å². The molecule has 2 heterocycles. The van der Waals surface area contributed by atoms with Gasteiger partial charge in [-0.3, -0.25) is 0 Å². The molecule has 0 spiro atoms. The van der Waals surface area contributed by atoms with Gasteiger partial charge in [-0.2, -0.15) is 13.2 Å². The second-order valence-electron chi connectivity index (χ2n) is 6.62. The summed E-state index contributed by atoms with van der Waals surface area (Å²) in [6.07, 6.45) is -2.97. The highest BCUT2D eigenvalue weighted by atomic mass is 19.4. The first kappa shape index (κ1) is 15.5. The van der Waals surface area contributed by atoms with Gasteiger partial charge in [0.2, 0.25) is 0 Å². The van der Waals surface area contributed by atoms with Crippen LogP contribution in [-0.2, 0) is 12.6 Å². The highest BCUT2D eigenvalue weighted by molar-refractivity contribution is 5.67. The topological polar surface area (TPSA) is 24.1 Å². The average Bonchev–Trinajstić information content (AvgIpc) is 2.93. The van der Waals surface area contributed by atoms with Gasteiger partial charge in [-0.1, -0.05) is 36.4 Å². The zero-order chi connectivity index (χ0) is 16.7. The van der Waals surface area contributed by atoms with Crippen LogP contribution in [0.1, 0.15) is 34.6 Å². The molecule has 0 aromatic heterocycles. The lowest BCUT2D eigenvalue weighted by Crippen LogP contribution is -2.38. The molecule has 126 valence electrons. The monoisotopic (exact) mass is 332 g/mol. The highest BCUT2D eigenvalue weighted by Gasteiger charge is 2.42. The van der Waals surface area contributed by atoms with Crippen molar-refractivity contribution in [2.75, 3.05) is 18.4 Å². The first-order valence-corrected chi connectivity index (χ1v) is 8.27. The summed E-state index contributed by atoms with van der Waals surface area (Å²) in [5.74, 6) is 0.116. The lowest BCUT2D eigenvalue weighted by Gasteiger charge is -2.26. The average molecular weight is 332 g/mol. The van der Waals surface area contributed by atoms with Crippen LogP contribution < -0.4 is 10.6 Å². The molecule has 4 rings (SSSR count). The van der Waals surface area contributed by atoms with Crippen LogP contribution in [0.5, 0.6) is 0 Å². The van der Waals surface area contributed by atoms with Gasteiger partial charge in [0.05, 0.1) is 11.3 Å². The third-order valence-corrected chi connectivity index (χ3v) is 5.00. The van der Waals surface area contributed by atoms with E-state index in [2.05, 4.69) is 10.6 Å². The molecule has 2 atom stereocenters. The first-order valence-electron chi connectivity index (χ1n) is 8.27. The van der Waals surface area contributed by atoms with Crippen molar-refractivity contribution in [2.45, 2.75) is 31.0 Å². The Balaban J connectivity index is 1.77. The molecule has 2 unspecified atom stereocenters. The van der Waals surface area contributed by atoms with Gasteiger partial charge in [-0.05, 0) is 42.1 Å². The minimum absolute atomic E-state index is 0.106. The standard InChI is InChI=1S/C19H19F3N2/c20-19(21,22)16-10-13(8-12-4-2-1-3-5-12)9-14-15-11-23-7-6-17(15)24-18(14)16/h1-5,9-10,15,17,23-24H,6-8,11H2. The van der Waals surface area contributed by atoms with Gasteiger partial charge in [-0.25, -0.2) is 0 Å². The number of piperidine rings is 1. The molecular weight excluding hydrogens is 313 g/mol. The summed E-state index contributed by atoms with van der Waals surface area (Å²) >= 11 is 0. The number of anilines is 1. The maximum absolute atomic E-state index is 13.6. The summed E-state index contributed by atoms with van der Waals surface area (Å²) in [7, 11) is 0. The second-order valence-corrected chi connectivity index (χ2v) is 6.62. The van der Waals surface area contributed by atoms with Gasteiger partial charge in [-0.15, -0.1) is 0 Å².